The number of carbonyl (C=O) groups is 1. The zero-order valence-electron chi connectivity index (χ0n) is 10.8. The molecule has 0 bridgehead atoms. The Labute approximate surface area is 104 Å². The van der Waals surface area contributed by atoms with E-state index in [2.05, 4.69) is 10.2 Å². The zero-order chi connectivity index (χ0) is 12.1. The fraction of sp³-hybridized carbons (Fsp3) is 0.923. The molecule has 2 heterocycles. The van der Waals surface area contributed by atoms with Crippen molar-refractivity contribution in [3.8, 4) is 0 Å². The molecule has 2 rings (SSSR count). The Kier molecular flexibility index (Phi) is 4.80. The summed E-state index contributed by atoms with van der Waals surface area (Å²) in [7, 11) is 1.72. The van der Waals surface area contributed by atoms with E-state index in [-0.39, 0.29) is 5.92 Å². The molecule has 0 aromatic rings. The van der Waals surface area contributed by atoms with Gasteiger partial charge in [0.2, 0.25) is 5.91 Å². The largest absolute Gasteiger partial charge is 0.383 e. The van der Waals surface area contributed by atoms with Crippen molar-refractivity contribution in [2.24, 2.45) is 5.92 Å². The predicted octanol–water partition coefficient (Wildman–Crippen LogP) is 1.01. The van der Waals surface area contributed by atoms with Crippen LogP contribution in [-0.2, 0) is 9.53 Å². The van der Waals surface area contributed by atoms with E-state index in [4.69, 9.17) is 4.74 Å². The predicted molar refractivity (Wildman–Crippen MR) is 66.8 cm³/mol. The van der Waals surface area contributed by atoms with Gasteiger partial charge in [-0.2, -0.15) is 0 Å². The lowest BCUT2D eigenvalue weighted by Crippen LogP contribution is -2.50. The van der Waals surface area contributed by atoms with Crippen LogP contribution in [0.1, 0.15) is 32.1 Å². The molecule has 4 heteroatoms. The van der Waals surface area contributed by atoms with Crippen LogP contribution in [0.4, 0.5) is 0 Å². The van der Waals surface area contributed by atoms with Gasteiger partial charge in [0.25, 0.3) is 0 Å². The second kappa shape index (κ2) is 6.36. The lowest BCUT2D eigenvalue weighted by molar-refractivity contribution is -0.141. The Hall–Kier alpha value is -0.610. The lowest BCUT2D eigenvalue weighted by Gasteiger charge is -2.38. The first-order chi connectivity index (χ1) is 8.33. The number of amides is 1. The second-order valence-electron chi connectivity index (χ2n) is 5.18. The molecule has 0 radical (unpaired) electrons. The third-order valence-corrected chi connectivity index (χ3v) is 3.92. The summed E-state index contributed by atoms with van der Waals surface area (Å²) >= 11 is 0. The molecule has 98 valence electrons. The fourth-order valence-corrected chi connectivity index (χ4v) is 2.95. The molecule has 1 amide bonds. The van der Waals surface area contributed by atoms with Gasteiger partial charge in [0, 0.05) is 20.2 Å². The van der Waals surface area contributed by atoms with E-state index in [1.54, 1.807) is 7.11 Å². The van der Waals surface area contributed by atoms with Crippen molar-refractivity contribution in [2.45, 2.75) is 38.1 Å². The number of rotatable bonds is 3. The van der Waals surface area contributed by atoms with E-state index in [0.717, 1.165) is 45.3 Å². The van der Waals surface area contributed by atoms with Gasteiger partial charge in [0.1, 0.15) is 0 Å². The third kappa shape index (κ3) is 3.19. The molecular weight excluding hydrogens is 216 g/mol. The van der Waals surface area contributed by atoms with Gasteiger partial charge in [-0.3, -0.25) is 4.79 Å². The first kappa shape index (κ1) is 12.8. The average Bonchev–Trinajstić information content (AvgIpc) is 2.40. The minimum absolute atomic E-state index is 0.196. The summed E-state index contributed by atoms with van der Waals surface area (Å²) in [5.41, 5.74) is 0. The highest BCUT2D eigenvalue weighted by Crippen LogP contribution is 2.22. The molecule has 0 saturated carbocycles. The van der Waals surface area contributed by atoms with Crippen LogP contribution in [0.25, 0.3) is 0 Å². The molecule has 2 atom stereocenters. The first-order valence-corrected chi connectivity index (χ1v) is 6.83. The molecule has 1 N–H and O–H groups in total. The maximum Gasteiger partial charge on any atom is 0.227 e. The molecule has 0 aromatic carbocycles. The number of nitrogens with zero attached hydrogens (tertiary/aromatic N) is 1. The summed E-state index contributed by atoms with van der Waals surface area (Å²) < 4.78 is 5.24. The van der Waals surface area contributed by atoms with Gasteiger partial charge in [0.05, 0.1) is 18.6 Å². The maximum absolute atomic E-state index is 12.5. The van der Waals surface area contributed by atoms with Crippen molar-refractivity contribution in [2.75, 3.05) is 33.4 Å². The van der Waals surface area contributed by atoms with Crippen LogP contribution in [0.3, 0.4) is 0 Å². The highest BCUT2D eigenvalue weighted by Gasteiger charge is 2.31. The Morgan fingerprint density at radius 3 is 2.94 bits per heavy atom. The molecule has 0 aliphatic carbocycles. The average molecular weight is 240 g/mol. The molecule has 2 aliphatic rings. The summed E-state index contributed by atoms with van der Waals surface area (Å²) in [6.07, 6.45) is 5.63. The Bertz CT molecular complexity index is 250. The van der Waals surface area contributed by atoms with Gasteiger partial charge < -0.3 is 15.0 Å². The third-order valence-electron chi connectivity index (χ3n) is 3.92. The Morgan fingerprint density at radius 1 is 1.35 bits per heavy atom. The van der Waals surface area contributed by atoms with Crippen LogP contribution in [0.5, 0.6) is 0 Å². The number of likely N-dealkylation sites (tertiary alicyclic amines) is 1. The van der Waals surface area contributed by atoms with Crippen LogP contribution >= 0.6 is 0 Å². The normalized spacial score (nSPS) is 30.3. The van der Waals surface area contributed by atoms with Crippen molar-refractivity contribution in [1.82, 2.24) is 10.2 Å². The van der Waals surface area contributed by atoms with Gasteiger partial charge in [-0.15, -0.1) is 0 Å². The van der Waals surface area contributed by atoms with E-state index in [9.17, 15) is 4.79 Å². The number of hydrogen-bond acceptors (Lipinski definition) is 3. The van der Waals surface area contributed by atoms with E-state index < -0.39 is 0 Å². The number of piperidine rings is 2. The van der Waals surface area contributed by atoms with Crippen molar-refractivity contribution < 1.29 is 9.53 Å². The van der Waals surface area contributed by atoms with Crippen molar-refractivity contribution >= 4 is 5.91 Å². The van der Waals surface area contributed by atoms with Crippen LogP contribution < -0.4 is 5.32 Å². The van der Waals surface area contributed by atoms with Gasteiger partial charge in [0.15, 0.2) is 0 Å². The summed E-state index contributed by atoms with van der Waals surface area (Å²) in [6.45, 7) is 3.52. The van der Waals surface area contributed by atoms with Crippen molar-refractivity contribution in [3.63, 3.8) is 0 Å². The Balaban J connectivity index is 1.94. The number of methoxy groups -OCH3 is 1. The lowest BCUT2D eigenvalue weighted by atomic mass is 9.94. The van der Waals surface area contributed by atoms with Crippen molar-refractivity contribution in [3.05, 3.63) is 0 Å². The summed E-state index contributed by atoms with van der Waals surface area (Å²) in [4.78, 5) is 14.5. The zero-order valence-corrected chi connectivity index (χ0v) is 10.8. The number of ether oxygens (including phenoxy) is 1. The molecular formula is C13H24N2O2. The highest BCUT2D eigenvalue weighted by atomic mass is 16.5. The minimum atomic E-state index is 0.196. The standard InChI is InChI=1S/C13H24N2O2/c1-17-10-12-6-2-3-8-15(12)13(16)11-5-4-7-14-9-11/h11-12,14H,2-10H2,1H3/t11-,12-/m1/s1. The molecule has 0 unspecified atom stereocenters. The van der Waals surface area contributed by atoms with Crippen molar-refractivity contribution in [1.29, 1.82) is 0 Å². The van der Waals surface area contributed by atoms with Crippen LogP contribution in [0.2, 0.25) is 0 Å². The number of hydrogen-bond donors (Lipinski definition) is 1. The van der Waals surface area contributed by atoms with E-state index >= 15 is 0 Å². The summed E-state index contributed by atoms with van der Waals surface area (Å²) in [5, 5.41) is 3.32. The SMILES string of the molecule is COC[C@H]1CCCCN1C(=O)[C@@H]1CCCNC1. The van der Waals surface area contributed by atoms with Gasteiger partial charge in [-0.1, -0.05) is 0 Å². The van der Waals surface area contributed by atoms with Crippen LogP contribution in [-0.4, -0.2) is 50.2 Å². The molecule has 4 nitrogen and oxygen atoms in total. The number of nitrogens with one attached hydrogen (secondary N) is 1. The molecule has 2 saturated heterocycles. The molecule has 0 spiro atoms. The first-order valence-electron chi connectivity index (χ1n) is 6.83. The smallest absolute Gasteiger partial charge is 0.227 e. The maximum atomic E-state index is 12.5. The fourth-order valence-electron chi connectivity index (χ4n) is 2.95. The van der Waals surface area contributed by atoms with E-state index in [1.165, 1.54) is 6.42 Å². The monoisotopic (exact) mass is 240 g/mol. The van der Waals surface area contributed by atoms with E-state index in [1.807, 2.05) is 0 Å². The Morgan fingerprint density at radius 2 is 2.24 bits per heavy atom. The van der Waals surface area contributed by atoms with Crippen LogP contribution in [0.15, 0.2) is 0 Å². The van der Waals surface area contributed by atoms with Gasteiger partial charge in [-0.25, -0.2) is 0 Å². The second-order valence-corrected chi connectivity index (χ2v) is 5.18. The van der Waals surface area contributed by atoms with Gasteiger partial charge in [-0.05, 0) is 38.6 Å². The molecule has 2 aliphatic heterocycles. The van der Waals surface area contributed by atoms with Crippen LogP contribution in [0, 0.1) is 5.92 Å². The minimum Gasteiger partial charge on any atom is -0.383 e. The molecule has 0 aromatic heterocycles. The van der Waals surface area contributed by atoms with Gasteiger partial charge >= 0.3 is 0 Å². The molecule has 17 heavy (non-hydrogen) atoms. The topological polar surface area (TPSA) is 41.6 Å². The van der Waals surface area contributed by atoms with E-state index in [0.29, 0.717) is 18.6 Å². The summed E-state index contributed by atoms with van der Waals surface area (Å²) in [5.74, 6) is 0.542. The quantitative estimate of drug-likeness (QED) is 0.800. The summed E-state index contributed by atoms with van der Waals surface area (Å²) in [6, 6.07) is 0.308. The number of carbonyl (C=O) groups excluding carboxylic acids is 1. The highest BCUT2D eigenvalue weighted by molar-refractivity contribution is 5.79. The molecule has 2 fully saturated rings.